The van der Waals surface area contributed by atoms with Crippen molar-refractivity contribution in [2.75, 3.05) is 11.4 Å². The van der Waals surface area contributed by atoms with Crippen LogP contribution >= 0.6 is 11.6 Å². The maximum Gasteiger partial charge on any atom is 0.335 e. The Kier molecular flexibility index (Phi) is 4.39. The van der Waals surface area contributed by atoms with Crippen molar-refractivity contribution < 1.29 is 19.1 Å². The fraction of sp³-hybridized carbons (Fsp3) is 0.0714. The van der Waals surface area contributed by atoms with Crippen molar-refractivity contribution in [2.45, 2.75) is 0 Å². The molecule has 0 unspecified atom stereocenters. The zero-order valence-electron chi connectivity index (χ0n) is 10.7. The van der Waals surface area contributed by atoms with Gasteiger partial charge in [-0.25, -0.2) is 4.79 Å². The molecule has 0 aliphatic heterocycles. The topological polar surface area (TPSA) is 87.8 Å². The Morgan fingerprint density at radius 2 is 1.81 bits per heavy atom. The Morgan fingerprint density at radius 3 is 2.33 bits per heavy atom. The van der Waals surface area contributed by atoms with Crippen LogP contribution in [0.5, 0.6) is 0 Å². The molecular formula is C14H10ClNO5. The predicted molar refractivity (Wildman–Crippen MR) is 75.7 cm³/mol. The Hall–Kier alpha value is -2.60. The Morgan fingerprint density at radius 1 is 1.14 bits per heavy atom. The first-order chi connectivity index (χ1) is 9.97. The molecule has 0 bridgehead atoms. The number of aliphatic carboxylic acids is 1. The molecule has 0 saturated heterocycles. The number of carbonyl (C=O) groups excluding carboxylic acids is 1. The van der Waals surface area contributed by atoms with Gasteiger partial charge in [0.05, 0.1) is 5.56 Å². The summed E-state index contributed by atoms with van der Waals surface area (Å²) in [6, 6.07) is 8.52. The second-order valence-corrected chi connectivity index (χ2v) is 4.54. The van der Waals surface area contributed by atoms with E-state index in [1.165, 1.54) is 18.2 Å². The van der Waals surface area contributed by atoms with Gasteiger partial charge in [0.1, 0.15) is 12.8 Å². The third kappa shape index (κ3) is 3.70. The molecule has 0 aliphatic rings. The van der Waals surface area contributed by atoms with Crippen LogP contribution in [0.15, 0.2) is 51.9 Å². The average Bonchev–Trinajstić information content (AvgIpc) is 2.46. The highest BCUT2D eigenvalue weighted by Crippen LogP contribution is 2.19. The lowest BCUT2D eigenvalue weighted by Gasteiger charge is -2.20. The summed E-state index contributed by atoms with van der Waals surface area (Å²) in [5.74, 6) is -1.76. The van der Waals surface area contributed by atoms with Gasteiger partial charge >= 0.3 is 11.6 Å². The van der Waals surface area contributed by atoms with Crippen LogP contribution in [0.2, 0.25) is 5.02 Å². The van der Waals surface area contributed by atoms with Gasteiger partial charge in [0.15, 0.2) is 0 Å². The monoisotopic (exact) mass is 307 g/mol. The van der Waals surface area contributed by atoms with Gasteiger partial charge in [0, 0.05) is 16.8 Å². The average molecular weight is 308 g/mol. The van der Waals surface area contributed by atoms with E-state index >= 15 is 0 Å². The van der Waals surface area contributed by atoms with E-state index in [1.807, 2.05) is 0 Å². The predicted octanol–water partition coefficient (Wildman–Crippen LogP) is 2.02. The fourth-order valence-electron chi connectivity index (χ4n) is 1.67. The molecule has 108 valence electrons. The highest BCUT2D eigenvalue weighted by molar-refractivity contribution is 6.30. The molecule has 2 rings (SSSR count). The SMILES string of the molecule is O=C(O)CN(C(=O)c1ccc(=O)oc1)c1ccc(Cl)cc1. The molecule has 21 heavy (non-hydrogen) atoms. The zero-order chi connectivity index (χ0) is 15.4. The molecule has 7 heteroatoms. The first-order valence-electron chi connectivity index (χ1n) is 5.85. The van der Waals surface area contributed by atoms with E-state index in [2.05, 4.69) is 4.42 Å². The number of hydrogen-bond acceptors (Lipinski definition) is 4. The van der Waals surface area contributed by atoms with Crippen LogP contribution in [0.4, 0.5) is 5.69 Å². The van der Waals surface area contributed by atoms with Gasteiger partial charge in [-0.05, 0) is 30.3 Å². The van der Waals surface area contributed by atoms with Gasteiger partial charge in [-0.1, -0.05) is 11.6 Å². The van der Waals surface area contributed by atoms with Gasteiger partial charge in [0.2, 0.25) is 0 Å². The molecule has 1 aromatic carbocycles. The maximum atomic E-state index is 12.3. The molecule has 1 amide bonds. The van der Waals surface area contributed by atoms with Crippen LogP contribution in [0.3, 0.4) is 0 Å². The number of anilines is 1. The number of halogens is 1. The van der Waals surface area contributed by atoms with E-state index in [0.29, 0.717) is 10.7 Å². The lowest BCUT2D eigenvalue weighted by Crippen LogP contribution is -2.35. The van der Waals surface area contributed by atoms with E-state index in [4.69, 9.17) is 16.7 Å². The summed E-state index contributed by atoms with van der Waals surface area (Å²) in [5, 5.41) is 9.41. The molecule has 1 aromatic heterocycles. The van der Waals surface area contributed by atoms with Crippen LogP contribution in [-0.2, 0) is 4.79 Å². The quantitative estimate of drug-likeness (QED) is 0.933. The third-order valence-electron chi connectivity index (χ3n) is 2.62. The van der Waals surface area contributed by atoms with E-state index in [-0.39, 0.29) is 5.56 Å². The summed E-state index contributed by atoms with van der Waals surface area (Å²) in [5.41, 5.74) is -0.147. The molecule has 0 saturated carbocycles. The van der Waals surface area contributed by atoms with Crippen molar-refractivity contribution in [3.05, 3.63) is 63.7 Å². The van der Waals surface area contributed by atoms with E-state index in [0.717, 1.165) is 17.2 Å². The number of nitrogens with zero attached hydrogens (tertiary/aromatic N) is 1. The van der Waals surface area contributed by atoms with Crippen molar-refractivity contribution in [3.8, 4) is 0 Å². The van der Waals surface area contributed by atoms with E-state index < -0.39 is 24.0 Å². The smallest absolute Gasteiger partial charge is 0.335 e. The number of hydrogen-bond donors (Lipinski definition) is 1. The molecule has 0 atom stereocenters. The number of carboxylic acid groups (broad SMARTS) is 1. The minimum Gasteiger partial charge on any atom is -0.480 e. The van der Waals surface area contributed by atoms with Gasteiger partial charge < -0.3 is 9.52 Å². The fourth-order valence-corrected chi connectivity index (χ4v) is 1.80. The normalized spacial score (nSPS) is 10.1. The molecule has 0 radical (unpaired) electrons. The minimum absolute atomic E-state index is 0.0748. The molecule has 1 N–H and O–H groups in total. The summed E-state index contributed by atoms with van der Waals surface area (Å²) in [6.07, 6.45) is 0.995. The van der Waals surface area contributed by atoms with Crippen LogP contribution in [0.1, 0.15) is 10.4 Å². The van der Waals surface area contributed by atoms with Crippen molar-refractivity contribution >= 4 is 29.2 Å². The van der Waals surface area contributed by atoms with Crippen LogP contribution in [0, 0.1) is 0 Å². The van der Waals surface area contributed by atoms with Crippen LogP contribution < -0.4 is 10.5 Å². The Bertz CT molecular complexity index is 702. The highest BCUT2D eigenvalue weighted by atomic mass is 35.5. The Balaban J connectivity index is 2.37. The lowest BCUT2D eigenvalue weighted by molar-refractivity contribution is -0.135. The van der Waals surface area contributed by atoms with Crippen molar-refractivity contribution in [1.82, 2.24) is 0 Å². The molecule has 0 fully saturated rings. The summed E-state index contributed by atoms with van der Waals surface area (Å²) in [7, 11) is 0. The first kappa shape index (κ1) is 14.8. The van der Waals surface area contributed by atoms with Gasteiger partial charge in [0.25, 0.3) is 5.91 Å². The maximum absolute atomic E-state index is 12.3. The second kappa shape index (κ2) is 6.23. The largest absolute Gasteiger partial charge is 0.480 e. The number of carboxylic acids is 1. The highest BCUT2D eigenvalue weighted by Gasteiger charge is 2.21. The molecule has 0 spiro atoms. The first-order valence-corrected chi connectivity index (χ1v) is 6.23. The second-order valence-electron chi connectivity index (χ2n) is 4.10. The number of amides is 1. The number of benzene rings is 1. The van der Waals surface area contributed by atoms with Crippen LogP contribution in [-0.4, -0.2) is 23.5 Å². The molecular weight excluding hydrogens is 298 g/mol. The molecule has 2 aromatic rings. The van der Waals surface area contributed by atoms with Crippen molar-refractivity contribution in [1.29, 1.82) is 0 Å². The van der Waals surface area contributed by atoms with Crippen molar-refractivity contribution in [3.63, 3.8) is 0 Å². The lowest BCUT2D eigenvalue weighted by atomic mass is 10.2. The molecule has 1 heterocycles. The molecule has 0 aliphatic carbocycles. The Labute approximate surface area is 124 Å². The number of carbonyl (C=O) groups is 2. The van der Waals surface area contributed by atoms with Gasteiger partial charge in [-0.2, -0.15) is 0 Å². The summed E-state index contributed by atoms with van der Waals surface area (Å²) in [6.45, 7) is -0.528. The van der Waals surface area contributed by atoms with E-state index in [9.17, 15) is 14.4 Å². The minimum atomic E-state index is -1.17. The number of rotatable bonds is 4. The van der Waals surface area contributed by atoms with Gasteiger partial charge in [-0.3, -0.25) is 14.5 Å². The third-order valence-corrected chi connectivity index (χ3v) is 2.88. The van der Waals surface area contributed by atoms with Gasteiger partial charge in [-0.15, -0.1) is 0 Å². The summed E-state index contributed by atoms with van der Waals surface area (Å²) < 4.78 is 4.62. The van der Waals surface area contributed by atoms with E-state index in [1.54, 1.807) is 12.1 Å². The summed E-state index contributed by atoms with van der Waals surface area (Å²) in [4.78, 5) is 35.2. The van der Waals surface area contributed by atoms with Crippen LogP contribution in [0.25, 0.3) is 0 Å². The summed E-state index contributed by atoms with van der Waals surface area (Å²) >= 11 is 5.77. The van der Waals surface area contributed by atoms with Crippen molar-refractivity contribution in [2.24, 2.45) is 0 Å². The standard InChI is InChI=1S/C14H10ClNO5/c15-10-2-4-11(5-3-10)16(7-12(17)18)14(20)9-1-6-13(19)21-8-9/h1-6,8H,7H2,(H,17,18). The molecule has 6 nitrogen and oxygen atoms in total. The zero-order valence-corrected chi connectivity index (χ0v) is 11.4.